The molecule has 0 bridgehead atoms. The molecule has 0 spiro atoms. The van der Waals surface area contributed by atoms with Crippen LogP contribution >= 0.6 is 23.1 Å². The maximum atomic E-state index is 12.4. The van der Waals surface area contributed by atoms with Crippen molar-refractivity contribution in [2.24, 2.45) is 4.99 Å². The highest BCUT2D eigenvalue weighted by molar-refractivity contribution is 8.13. The fourth-order valence-electron chi connectivity index (χ4n) is 2.10. The molecule has 0 atom stereocenters. The number of carbonyl (C=O) groups is 1. The Morgan fingerprint density at radius 3 is 3.10 bits per heavy atom. The molecule has 7 heteroatoms. The van der Waals surface area contributed by atoms with Crippen molar-refractivity contribution < 1.29 is 4.79 Å². The van der Waals surface area contributed by atoms with Crippen molar-refractivity contribution in [3.05, 3.63) is 28.3 Å². The quantitative estimate of drug-likeness (QED) is 0.927. The van der Waals surface area contributed by atoms with E-state index in [1.54, 1.807) is 16.2 Å². The van der Waals surface area contributed by atoms with Gasteiger partial charge in [0.15, 0.2) is 5.17 Å². The number of amides is 1. The summed E-state index contributed by atoms with van der Waals surface area (Å²) in [5, 5.41) is 3.80. The molecule has 0 radical (unpaired) electrons. The van der Waals surface area contributed by atoms with E-state index in [1.807, 2.05) is 30.8 Å². The average molecular weight is 306 g/mol. The van der Waals surface area contributed by atoms with Crippen LogP contribution in [0.1, 0.15) is 15.5 Å². The number of rotatable bonds is 2. The maximum Gasteiger partial charge on any atom is 0.276 e. The number of H-pyrrole nitrogens is 1. The van der Waals surface area contributed by atoms with Gasteiger partial charge >= 0.3 is 0 Å². The third-order valence-corrected chi connectivity index (χ3v) is 4.55. The molecular weight excluding hydrogens is 292 g/mol. The zero-order valence-electron chi connectivity index (χ0n) is 11.2. The van der Waals surface area contributed by atoms with E-state index >= 15 is 0 Å². The zero-order chi connectivity index (χ0) is 14.1. The number of hydrogen-bond acceptors (Lipinski definition) is 5. The lowest BCUT2D eigenvalue weighted by Gasteiger charge is -2.15. The molecule has 1 N–H and O–H groups in total. The van der Waals surface area contributed by atoms with Crippen LogP contribution in [-0.2, 0) is 0 Å². The summed E-state index contributed by atoms with van der Waals surface area (Å²) in [5.74, 6) is -0.0335. The van der Waals surface area contributed by atoms with Crippen LogP contribution in [0, 0.1) is 6.92 Å². The molecule has 0 aliphatic carbocycles. The Labute approximate surface area is 125 Å². The minimum Gasteiger partial charge on any atom is -0.357 e. The molecule has 104 valence electrons. The largest absolute Gasteiger partial charge is 0.357 e. The summed E-state index contributed by atoms with van der Waals surface area (Å²) >= 11 is 3.10. The van der Waals surface area contributed by atoms with E-state index in [4.69, 9.17) is 0 Å². The summed E-state index contributed by atoms with van der Waals surface area (Å²) < 4.78 is 0. The Morgan fingerprint density at radius 2 is 2.40 bits per heavy atom. The Hall–Kier alpha value is -1.60. The first-order valence-corrected chi connectivity index (χ1v) is 8.30. The number of nitrogens with zero attached hydrogens (tertiary/aromatic N) is 3. The van der Waals surface area contributed by atoms with Gasteiger partial charge < -0.3 is 4.98 Å². The van der Waals surface area contributed by atoms with Crippen LogP contribution in [0.2, 0.25) is 0 Å². The van der Waals surface area contributed by atoms with Gasteiger partial charge in [-0.2, -0.15) is 0 Å². The van der Waals surface area contributed by atoms with Crippen LogP contribution in [-0.4, -0.2) is 45.3 Å². The van der Waals surface area contributed by atoms with Crippen molar-refractivity contribution in [1.82, 2.24) is 14.9 Å². The number of aromatic amines is 1. The van der Waals surface area contributed by atoms with Gasteiger partial charge in [-0.1, -0.05) is 11.8 Å². The predicted octanol–water partition coefficient (Wildman–Crippen LogP) is 2.62. The first kappa shape index (κ1) is 13.4. The zero-order valence-corrected chi connectivity index (χ0v) is 12.8. The Bertz CT molecular complexity index is 673. The lowest BCUT2D eigenvalue weighted by Crippen LogP contribution is -2.32. The molecule has 0 fully saturated rings. The van der Waals surface area contributed by atoms with E-state index in [9.17, 15) is 4.79 Å². The molecule has 0 unspecified atom stereocenters. The van der Waals surface area contributed by atoms with Gasteiger partial charge in [0.2, 0.25) is 0 Å². The van der Waals surface area contributed by atoms with Gasteiger partial charge in [0.1, 0.15) is 5.69 Å². The lowest BCUT2D eigenvalue weighted by atomic mass is 10.2. The molecule has 5 nitrogen and oxygen atoms in total. The number of carbonyl (C=O) groups excluding carboxylic acids is 1. The Kier molecular flexibility index (Phi) is 3.62. The molecule has 0 saturated carbocycles. The van der Waals surface area contributed by atoms with Gasteiger partial charge in [-0.25, -0.2) is 4.98 Å². The van der Waals surface area contributed by atoms with E-state index in [-0.39, 0.29) is 5.91 Å². The SMILES string of the molecule is CSC1=NCCN1C(=O)c1cc(-c2csc(C)n2)c[nH]1. The Balaban J connectivity index is 1.83. The van der Waals surface area contributed by atoms with Gasteiger partial charge in [-0.15, -0.1) is 11.3 Å². The number of amidine groups is 1. The third kappa shape index (κ3) is 2.38. The van der Waals surface area contributed by atoms with Crippen LogP contribution in [0.25, 0.3) is 11.3 Å². The fourth-order valence-corrected chi connectivity index (χ4v) is 3.33. The standard InChI is InChI=1S/C13H14N4OS2/c1-8-16-11(7-20-8)9-5-10(15-6-9)12(18)17-4-3-14-13(17)19-2/h5-7,15H,3-4H2,1-2H3. The number of nitrogens with one attached hydrogen (secondary N) is 1. The van der Waals surface area contributed by atoms with E-state index in [0.717, 1.165) is 21.4 Å². The second kappa shape index (κ2) is 5.41. The minimum atomic E-state index is -0.0335. The van der Waals surface area contributed by atoms with Gasteiger partial charge in [0.25, 0.3) is 5.91 Å². The first-order chi connectivity index (χ1) is 9.69. The molecule has 2 aromatic heterocycles. The van der Waals surface area contributed by atoms with Crippen molar-refractivity contribution in [2.45, 2.75) is 6.92 Å². The number of aliphatic imine (C=N–C) groups is 1. The second-order valence-electron chi connectivity index (χ2n) is 4.38. The van der Waals surface area contributed by atoms with Crippen LogP contribution in [0.3, 0.4) is 0 Å². The van der Waals surface area contributed by atoms with Crippen LogP contribution in [0.4, 0.5) is 0 Å². The summed E-state index contributed by atoms with van der Waals surface area (Å²) in [7, 11) is 0. The minimum absolute atomic E-state index is 0.0335. The molecule has 20 heavy (non-hydrogen) atoms. The topological polar surface area (TPSA) is 61.4 Å². The predicted molar refractivity (Wildman–Crippen MR) is 83.5 cm³/mol. The van der Waals surface area contributed by atoms with Gasteiger partial charge in [0.05, 0.1) is 17.2 Å². The van der Waals surface area contributed by atoms with Crippen molar-refractivity contribution >= 4 is 34.2 Å². The molecule has 3 heterocycles. The number of hydrogen-bond donors (Lipinski definition) is 1. The summed E-state index contributed by atoms with van der Waals surface area (Å²) in [5.41, 5.74) is 2.43. The average Bonchev–Trinajstić information content (AvgIpc) is 3.17. The van der Waals surface area contributed by atoms with E-state index in [1.165, 1.54) is 11.8 Å². The molecule has 1 aliphatic heterocycles. The summed E-state index contributed by atoms with van der Waals surface area (Å²) in [6, 6.07) is 1.85. The number of aryl methyl sites for hydroxylation is 1. The van der Waals surface area contributed by atoms with E-state index in [2.05, 4.69) is 15.0 Å². The highest BCUT2D eigenvalue weighted by Gasteiger charge is 2.25. The highest BCUT2D eigenvalue weighted by atomic mass is 32.2. The van der Waals surface area contributed by atoms with Gasteiger partial charge in [-0.3, -0.25) is 14.7 Å². The maximum absolute atomic E-state index is 12.4. The summed E-state index contributed by atoms with van der Waals surface area (Å²) in [6.45, 7) is 3.30. The van der Waals surface area contributed by atoms with Crippen LogP contribution in [0.5, 0.6) is 0 Å². The molecule has 2 aromatic rings. The van der Waals surface area contributed by atoms with E-state index in [0.29, 0.717) is 18.8 Å². The summed E-state index contributed by atoms with van der Waals surface area (Å²) in [4.78, 5) is 25.9. The third-order valence-electron chi connectivity index (χ3n) is 3.06. The first-order valence-electron chi connectivity index (χ1n) is 6.20. The molecule has 3 rings (SSSR count). The molecular formula is C13H14N4OS2. The molecule has 1 amide bonds. The Morgan fingerprint density at radius 1 is 1.55 bits per heavy atom. The van der Waals surface area contributed by atoms with Crippen LogP contribution < -0.4 is 0 Å². The number of aromatic nitrogens is 2. The molecule has 1 aliphatic rings. The highest BCUT2D eigenvalue weighted by Crippen LogP contribution is 2.23. The normalized spacial score (nSPS) is 14.7. The van der Waals surface area contributed by atoms with E-state index < -0.39 is 0 Å². The summed E-state index contributed by atoms with van der Waals surface area (Å²) in [6.07, 6.45) is 3.76. The van der Waals surface area contributed by atoms with Gasteiger partial charge in [0, 0.05) is 23.7 Å². The van der Waals surface area contributed by atoms with Gasteiger partial charge in [-0.05, 0) is 19.2 Å². The van der Waals surface area contributed by atoms with Crippen molar-refractivity contribution in [3.63, 3.8) is 0 Å². The van der Waals surface area contributed by atoms with Crippen molar-refractivity contribution in [3.8, 4) is 11.3 Å². The molecule has 0 aromatic carbocycles. The number of thioether (sulfide) groups is 1. The van der Waals surface area contributed by atoms with Crippen molar-refractivity contribution in [2.75, 3.05) is 19.3 Å². The monoisotopic (exact) mass is 306 g/mol. The smallest absolute Gasteiger partial charge is 0.276 e. The molecule has 0 saturated heterocycles. The van der Waals surface area contributed by atoms with Crippen molar-refractivity contribution in [1.29, 1.82) is 0 Å². The fraction of sp³-hybridized carbons (Fsp3) is 0.308. The van der Waals surface area contributed by atoms with Crippen LogP contribution in [0.15, 0.2) is 22.6 Å². The second-order valence-corrected chi connectivity index (χ2v) is 6.21. The lowest BCUT2D eigenvalue weighted by molar-refractivity contribution is 0.0856. The number of thiazole rings is 1.